The fraction of sp³-hybridized carbons (Fsp3) is 0.200. The van der Waals surface area contributed by atoms with Crippen molar-refractivity contribution in [3.63, 3.8) is 0 Å². The Kier molecular flexibility index (Phi) is 6.70. The number of thioether (sulfide) groups is 1. The standard InChI is InChI=1S/C30H27NO4S/c1-5-20-13-14-26(34-17-19-9-8-10-21(15-19)36-4)27-23(30(32)33-3)16-24(31-28(20)27)29-18(2)22-11-6-7-12-25(22)35-29/h6-16H,5,17H2,1-4H3. The van der Waals surface area contributed by atoms with Crippen LogP contribution in [0, 0.1) is 6.92 Å². The molecule has 5 nitrogen and oxygen atoms in total. The molecule has 36 heavy (non-hydrogen) atoms. The summed E-state index contributed by atoms with van der Waals surface area (Å²) in [7, 11) is 1.39. The van der Waals surface area contributed by atoms with Gasteiger partial charge in [0.15, 0.2) is 5.76 Å². The zero-order chi connectivity index (χ0) is 25.2. The lowest BCUT2D eigenvalue weighted by atomic mass is 10.00. The molecule has 5 aromatic rings. The molecule has 5 rings (SSSR count). The molecule has 3 aromatic carbocycles. The number of para-hydroxylation sites is 1. The fourth-order valence-electron chi connectivity index (χ4n) is 4.50. The molecule has 0 bridgehead atoms. The minimum atomic E-state index is -0.445. The zero-order valence-corrected chi connectivity index (χ0v) is 21.6. The first-order valence-corrected chi connectivity index (χ1v) is 13.1. The minimum Gasteiger partial charge on any atom is -0.488 e. The van der Waals surface area contributed by atoms with Crippen molar-refractivity contribution in [1.29, 1.82) is 0 Å². The van der Waals surface area contributed by atoms with Crippen molar-refractivity contribution in [2.75, 3.05) is 13.4 Å². The number of furan rings is 1. The van der Waals surface area contributed by atoms with Crippen molar-refractivity contribution in [2.45, 2.75) is 31.8 Å². The second kappa shape index (κ2) is 10.1. The molecular weight excluding hydrogens is 470 g/mol. The summed E-state index contributed by atoms with van der Waals surface area (Å²) in [5.74, 6) is 0.794. The number of hydrogen-bond donors (Lipinski definition) is 0. The van der Waals surface area contributed by atoms with Crippen LogP contribution in [0.5, 0.6) is 5.75 Å². The van der Waals surface area contributed by atoms with Gasteiger partial charge in [0.1, 0.15) is 23.6 Å². The van der Waals surface area contributed by atoms with E-state index in [1.54, 1.807) is 17.8 Å². The third-order valence-electron chi connectivity index (χ3n) is 6.40. The predicted molar refractivity (Wildman–Crippen MR) is 145 cm³/mol. The van der Waals surface area contributed by atoms with Crippen molar-refractivity contribution in [1.82, 2.24) is 4.98 Å². The molecule has 0 N–H and O–H groups in total. The third-order valence-corrected chi connectivity index (χ3v) is 7.12. The molecular formula is C30H27NO4S. The molecule has 0 atom stereocenters. The summed E-state index contributed by atoms with van der Waals surface area (Å²) in [4.78, 5) is 19.2. The van der Waals surface area contributed by atoms with E-state index in [0.717, 1.165) is 34.1 Å². The van der Waals surface area contributed by atoms with E-state index in [4.69, 9.17) is 18.9 Å². The second-order valence-corrected chi connectivity index (χ2v) is 9.42. The molecule has 0 aliphatic heterocycles. The van der Waals surface area contributed by atoms with Gasteiger partial charge in [-0.05, 0) is 61.1 Å². The quantitative estimate of drug-likeness (QED) is 0.170. The fourth-order valence-corrected chi connectivity index (χ4v) is 4.98. The summed E-state index contributed by atoms with van der Waals surface area (Å²) >= 11 is 1.69. The lowest BCUT2D eigenvalue weighted by Crippen LogP contribution is -2.07. The molecule has 0 radical (unpaired) electrons. The van der Waals surface area contributed by atoms with Gasteiger partial charge in [-0.2, -0.15) is 0 Å². The van der Waals surface area contributed by atoms with Crippen LogP contribution in [0.25, 0.3) is 33.3 Å². The molecule has 6 heteroatoms. The van der Waals surface area contributed by atoms with Crippen molar-refractivity contribution < 1.29 is 18.7 Å². The number of benzene rings is 3. The first-order valence-electron chi connectivity index (χ1n) is 11.8. The smallest absolute Gasteiger partial charge is 0.338 e. The van der Waals surface area contributed by atoms with Gasteiger partial charge in [-0.1, -0.05) is 43.3 Å². The Morgan fingerprint density at radius 1 is 1.06 bits per heavy atom. The van der Waals surface area contributed by atoms with Gasteiger partial charge in [0, 0.05) is 15.8 Å². The number of nitrogens with zero attached hydrogens (tertiary/aromatic N) is 1. The summed E-state index contributed by atoms with van der Waals surface area (Å²) in [6.45, 7) is 4.45. The summed E-state index contributed by atoms with van der Waals surface area (Å²) in [6, 6.07) is 21.8. The number of fused-ring (bicyclic) bond motifs is 2. The normalized spacial score (nSPS) is 11.2. The number of esters is 1. The zero-order valence-electron chi connectivity index (χ0n) is 20.8. The Morgan fingerprint density at radius 2 is 1.89 bits per heavy atom. The topological polar surface area (TPSA) is 61.6 Å². The minimum absolute atomic E-state index is 0.375. The molecule has 0 aliphatic rings. The van der Waals surface area contributed by atoms with Gasteiger partial charge < -0.3 is 13.9 Å². The lowest BCUT2D eigenvalue weighted by molar-refractivity contribution is 0.0602. The Balaban J connectivity index is 1.68. The van der Waals surface area contributed by atoms with Crippen LogP contribution < -0.4 is 4.74 Å². The number of ether oxygens (including phenoxy) is 2. The highest BCUT2D eigenvalue weighted by Gasteiger charge is 2.23. The van der Waals surface area contributed by atoms with Crippen molar-refractivity contribution in [2.24, 2.45) is 0 Å². The Morgan fingerprint density at radius 3 is 2.64 bits per heavy atom. The molecule has 0 saturated carbocycles. The van der Waals surface area contributed by atoms with Gasteiger partial charge in [-0.3, -0.25) is 0 Å². The Hall–Kier alpha value is -3.77. The average molecular weight is 498 g/mol. The number of pyridine rings is 1. The maximum atomic E-state index is 13.0. The van der Waals surface area contributed by atoms with E-state index >= 15 is 0 Å². The number of rotatable bonds is 7. The van der Waals surface area contributed by atoms with Gasteiger partial charge in [0.05, 0.1) is 23.6 Å². The highest BCUT2D eigenvalue weighted by molar-refractivity contribution is 7.98. The summed E-state index contributed by atoms with van der Waals surface area (Å²) in [5.41, 5.74) is 5.54. The first-order chi connectivity index (χ1) is 17.5. The maximum absolute atomic E-state index is 13.0. The van der Waals surface area contributed by atoms with Crippen LogP contribution in [0.15, 0.2) is 76.0 Å². The van der Waals surface area contributed by atoms with E-state index in [-0.39, 0.29) is 0 Å². The van der Waals surface area contributed by atoms with E-state index in [9.17, 15) is 4.79 Å². The molecule has 2 heterocycles. The SMILES string of the molecule is CCc1ccc(OCc2cccc(SC)c2)c2c(C(=O)OC)cc(-c3oc4ccccc4c3C)nc12. The molecule has 0 aliphatic carbocycles. The van der Waals surface area contributed by atoms with Crippen molar-refractivity contribution >= 4 is 39.6 Å². The summed E-state index contributed by atoms with van der Waals surface area (Å²) in [5, 5.41) is 1.68. The van der Waals surface area contributed by atoms with E-state index in [0.29, 0.717) is 40.3 Å². The van der Waals surface area contributed by atoms with Crippen LogP contribution in [-0.4, -0.2) is 24.3 Å². The number of carbonyl (C=O) groups is 1. The number of carbonyl (C=O) groups excluding carboxylic acids is 1. The van der Waals surface area contributed by atoms with Gasteiger partial charge in [-0.15, -0.1) is 11.8 Å². The largest absolute Gasteiger partial charge is 0.488 e. The monoisotopic (exact) mass is 497 g/mol. The lowest BCUT2D eigenvalue weighted by Gasteiger charge is -2.15. The number of hydrogen-bond acceptors (Lipinski definition) is 6. The van der Waals surface area contributed by atoms with Crippen molar-refractivity contribution in [3.05, 3.63) is 89.0 Å². The Labute approximate surface area is 214 Å². The Bertz CT molecular complexity index is 1590. The molecule has 0 unspecified atom stereocenters. The average Bonchev–Trinajstić information content (AvgIpc) is 3.27. The van der Waals surface area contributed by atoms with Crippen LogP contribution in [0.4, 0.5) is 0 Å². The van der Waals surface area contributed by atoms with E-state index in [1.807, 2.05) is 61.7 Å². The van der Waals surface area contributed by atoms with Crippen molar-refractivity contribution in [3.8, 4) is 17.2 Å². The van der Waals surface area contributed by atoms with Gasteiger partial charge in [0.25, 0.3) is 0 Å². The van der Waals surface area contributed by atoms with E-state index in [1.165, 1.54) is 12.0 Å². The number of methoxy groups -OCH3 is 1. The van der Waals surface area contributed by atoms with Gasteiger partial charge in [-0.25, -0.2) is 9.78 Å². The molecule has 0 spiro atoms. The molecule has 2 aromatic heterocycles. The van der Waals surface area contributed by atoms with Gasteiger partial charge >= 0.3 is 5.97 Å². The van der Waals surface area contributed by atoms with Crippen LogP contribution in [-0.2, 0) is 17.8 Å². The number of aromatic nitrogens is 1. The highest BCUT2D eigenvalue weighted by atomic mass is 32.2. The van der Waals surface area contributed by atoms with E-state index < -0.39 is 5.97 Å². The first kappa shape index (κ1) is 23.9. The van der Waals surface area contributed by atoms with Crippen LogP contribution >= 0.6 is 11.8 Å². The number of aryl methyl sites for hydroxylation is 2. The van der Waals surface area contributed by atoms with Crippen LogP contribution in [0.3, 0.4) is 0 Å². The summed E-state index contributed by atoms with van der Waals surface area (Å²) < 4.78 is 17.7. The van der Waals surface area contributed by atoms with Crippen LogP contribution in [0.2, 0.25) is 0 Å². The van der Waals surface area contributed by atoms with E-state index in [2.05, 4.69) is 19.1 Å². The van der Waals surface area contributed by atoms with Crippen LogP contribution in [0.1, 0.15) is 34.0 Å². The van der Waals surface area contributed by atoms with Gasteiger partial charge in [0.2, 0.25) is 0 Å². The second-order valence-electron chi connectivity index (χ2n) is 8.54. The maximum Gasteiger partial charge on any atom is 0.338 e. The third kappa shape index (κ3) is 4.33. The molecule has 182 valence electrons. The molecule has 0 amide bonds. The predicted octanol–water partition coefficient (Wildman–Crippen LogP) is 7.61. The highest BCUT2D eigenvalue weighted by Crippen LogP contribution is 2.38. The molecule has 0 saturated heterocycles. The molecule has 0 fully saturated rings. The summed E-state index contributed by atoms with van der Waals surface area (Å²) in [6.07, 6.45) is 2.80.